The number of likely N-dealkylation sites (N-methyl/N-ethyl adjacent to an activating group) is 1. The van der Waals surface area contributed by atoms with Crippen molar-refractivity contribution in [3.63, 3.8) is 0 Å². The van der Waals surface area contributed by atoms with Gasteiger partial charge in [-0.05, 0) is 18.4 Å². The molecule has 0 spiro atoms. The summed E-state index contributed by atoms with van der Waals surface area (Å²) in [6, 6.07) is 3.94. The standard InChI is InChI=1S/C15H15N3O2S2/c1-3-17(2)12(19)7-18-9-16-14-13(15(18)20)10(8-22-14)11-5-4-6-21-11/h4-6,8-9H,3,7H2,1-2H3. The first kappa shape index (κ1) is 14.9. The lowest BCUT2D eigenvalue weighted by atomic mass is 10.2. The normalized spacial score (nSPS) is 11.0. The van der Waals surface area contributed by atoms with Gasteiger partial charge in [-0.25, -0.2) is 4.98 Å². The number of amides is 1. The molecule has 0 fully saturated rings. The van der Waals surface area contributed by atoms with Gasteiger partial charge in [-0.2, -0.15) is 0 Å². The number of fused-ring (bicyclic) bond motifs is 1. The maximum absolute atomic E-state index is 12.7. The van der Waals surface area contributed by atoms with E-state index in [1.165, 1.54) is 22.2 Å². The maximum atomic E-state index is 12.7. The largest absolute Gasteiger partial charge is 0.344 e. The van der Waals surface area contributed by atoms with Gasteiger partial charge < -0.3 is 4.90 Å². The molecule has 7 heteroatoms. The van der Waals surface area contributed by atoms with Crippen LogP contribution in [0.3, 0.4) is 0 Å². The summed E-state index contributed by atoms with van der Waals surface area (Å²) >= 11 is 3.04. The van der Waals surface area contributed by atoms with Gasteiger partial charge in [-0.3, -0.25) is 14.2 Å². The third-order valence-electron chi connectivity index (χ3n) is 3.55. The molecule has 0 radical (unpaired) electrons. The number of hydrogen-bond acceptors (Lipinski definition) is 5. The molecule has 0 bridgehead atoms. The summed E-state index contributed by atoms with van der Waals surface area (Å²) in [7, 11) is 1.72. The second-order valence-corrected chi connectivity index (χ2v) is 6.70. The number of hydrogen-bond donors (Lipinski definition) is 0. The molecule has 3 aromatic heterocycles. The molecule has 0 saturated heterocycles. The maximum Gasteiger partial charge on any atom is 0.263 e. The molecule has 0 aliphatic carbocycles. The molecular formula is C15H15N3O2S2. The second kappa shape index (κ2) is 6.02. The van der Waals surface area contributed by atoms with Gasteiger partial charge in [0.15, 0.2) is 0 Å². The summed E-state index contributed by atoms with van der Waals surface area (Å²) in [6.07, 6.45) is 1.46. The molecular weight excluding hydrogens is 318 g/mol. The minimum Gasteiger partial charge on any atom is -0.344 e. The smallest absolute Gasteiger partial charge is 0.263 e. The Balaban J connectivity index is 2.07. The summed E-state index contributed by atoms with van der Waals surface area (Å²) in [6.45, 7) is 2.53. The highest BCUT2D eigenvalue weighted by molar-refractivity contribution is 7.18. The van der Waals surface area contributed by atoms with Crippen molar-refractivity contribution in [3.8, 4) is 10.4 Å². The van der Waals surface area contributed by atoms with Crippen molar-refractivity contribution >= 4 is 38.8 Å². The minimum absolute atomic E-state index is 0.0197. The highest BCUT2D eigenvalue weighted by Crippen LogP contribution is 2.33. The summed E-state index contributed by atoms with van der Waals surface area (Å²) in [5, 5.41) is 4.53. The van der Waals surface area contributed by atoms with E-state index in [-0.39, 0.29) is 18.0 Å². The first-order valence-corrected chi connectivity index (χ1v) is 8.62. The van der Waals surface area contributed by atoms with Crippen LogP contribution in [-0.4, -0.2) is 34.0 Å². The van der Waals surface area contributed by atoms with E-state index in [0.29, 0.717) is 16.8 Å². The monoisotopic (exact) mass is 333 g/mol. The fourth-order valence-electron chi connectivity index (χ4n) is 2.14. The van der Waals surface area contributed by atoms with Gasteiger partial charge >= 0.3 is 0 Å². The van der Waals surface area contributed by atoms with Gasteiger partial charge in [0.1, 0.15) is 11.4 Å². The Bertz CT molecular complexity index is 865. The van der Waals surface area contributed by atoms with E-state index in [4.69, 9.17) is 0 Å². The third kappa shape index (κ3) is 2.57. The SMILES string of the molecule is CCN(C)C(=O)Cn1cnc2scc(-c3cccs3)c2c1=O. The van der Waals surface area contributed by atoms with Crippen LogP contribution in [0.25, 0.3) is 20.7 Å². The van der Waals surface area contributed by atoms with Crippen LogP contribution in [0.5, 0.6) is 0 Å². The van der Waals surface area contributed by atoms with Crippen molar-refractivity contribution in [2.45, 2.75) is 13.5 Å². The second-order valence-electron chi connectivity index (χ2n) is 4.89. The first-order chi connectivity index (χ1) is 10.6. The lowest BCUT2D eigenvalue weighted by Gasteiger charge is -2.15. The molecule has 0 unspecified atom stereocenters. The lowest BCUT2D eigenvalue weighted by Crippen LogP contribution is -2.33. The van der Waals surface area contributed by atoms with Crippen LogP contribution >= 0.6 is 22.7 Å². The van der Waals surface area contributed by atoms with Crippen LogP contribution in [0.2, 0.25) is 0 Å². The molecule has 0 aromatic carbocycles. The van der Waals surface area contributed by atoms with Crippen molar-refractivity contribution in [1.82, 2.24) is 14.5 Å². The summed E-state index contributed by atoms with van der Waals surface area (Å²) in [4.78, 5) is 32.4. The van der Waals surface area contributed by atoms with E-state index in [1.54, 1.807) is 23.3 Å². The minimum atomic E-state index is -0.160. The van der Waals surface area contributed by atoms with Crippen LogP contribution in [0, 0.1) is 0 Å². The fourth-order valence-corrected chi connectivity index (χ4v) is 3.86. The summed E-state index contributed by atoms with van der Waals surface area (Å²) in [5.74, 6) is -0.0985. The Morgan fingerprint density at radius 1 is 1.41 bits per heavy atom. The Kier molecular flexibility index (Phi) is 4.08. The molecule has 0 aliphatic heterocycles. The average molecular weight is 333 g/mol. The average Bonchev–Trinajstić information content (AvgIpc) is 3.17. The van der Waals surface area contributed by atoms with Gasteiger partial charge in [0.25, 0.3) is 5.56 Å². The van der Waals surface area contributed by atoms with E-state index >= 15 is 0 Å². The van der Waals surface area contributed by atoms with Crippen molar-refractivity contribution < 1.29 is 4.79 Å². The van der Waals surface area contributed by atoms with Gasteiger partial charge in [-0.1, -0.05) is 6.07 Å². The van der Waals surface area contributed by atoms with Crippen LogP contribution in [0.1, 0.15) is 6.92 Å². The molecule has 3 rings (SSSR count). The van der Waals surface area contributed by atoms with Crippen LogP contribution in [0.15, 0.2) is 34.0 Å². The molecule has 22 heavy (non-hydrogen) atoms. The lowest BCUT2D eigenvalue weighted by molar-refractivity contribution is -0.130. The molecule has 3 aromatic rings. The van der Waals surface area contributed by atoms with E-state index < -0.39 is 0 Å². The highest BCUT2D eigenvalue weighted by Gasteiger charge is 2.16. The number of rotatable bonds is 4. The number of aromatic nitrogens is 2. The van der Waals surface area contributed by atoms with Crippen LogP contribution in [-0.2, 0) is 11.3 Å². The number of carbonyl (C=O) groups excluding carboxylic acids is 1. The molecule has 5 nitrogen and oxygen atoms in total. The summed E-state index contributed by atoms with van der Waals surface area (Å²) < 4.78 is 1.39. The zero-order chi connectivity index (χ0) is 15.7. The van der Waals surface area contributed by atoms with Crippen molar-refractivity contribution in [2.75, 3.05) is 13.6 Å². The molecule has 114 valence electrons. The number of nitrogens with zero attached hydrogens (tertiary/aromatic N) is 3. The topological polar surface area (TPSA) is 55.2 Å². The van der Waals surface area contributed by atoms with Gasteiger partial charge in [0.2, 0.25) is 5.91 Å². The van der Waals surface area contributed by atoms with Crippen LogP contribution in [0.4, 0.5) is 0 Å². The van der Waals surface area contributed by atoms with E-state index in [9.17, 15) is 9.59 Å². The predicted molar refractivity (Wildman–Crippen MR) is 90.5 cm³/mol. The van der Waals surface area contributed by atoms with E-state index in [1.807, 2.05) is 29.8 Å². The van der Waals surface area contributed by atoms with Gasteiger partial charge in [0.05, 0.1) is 11.7 Å². The molecule has 3 heterocycles. The number of carbonyl (C=O) groups is 1. The Hall–Kier alpha value is -1.99. The predicted octanol–water partition coefficient (Wildman–Crippen LogP) is 2.66. The van der Waals surface area contributed by atoms with Crippen molar-refractivity contribution in [2.24, 2.45) is 0 Å². The first-order valence-electron chi connectivity index (χ1n) is 6.86. The van der Waals surface area contributed by atoms with E-state index in [0.717, 1.165) is 10.4 Å². The fraction of sp³-hybridized carbons (Fsp3) is 0.267. The Labute approximate surface area is 135 Å². The Morgan fingerprint density at radius 3 is 2.91 bits per heavy atom. The zero-order valence-corrected chi connectivity index (χ0v) is 13.9. The van der Waals surface area contributed by atoms with E-state index in [2.05, 4.69) is 4.98 Å². The molecule has 1 amide bonds. The highest BCUT2D eigenvalue weighted by atomic mass is 32.1. The van der Waals surface area contributed by atoms with Crippen molar-refractivity contribution in [3.05, 3.63) is 39.6 Å². The summed E-state index contributed by atoms with van der Waals surface area (Å²) in [5.41, 5.74) is 0.741. The molecule has 0 atom stereocenters. The van der Waals surface area contributed by atoms with Gasteiger partial charge in [-0.15, -0.1) is 22.7 Å². The number of thiophene rings is 2. The molecule has 0 saturated carbocycles. The van der Waals surface area contributed by atoms with Gasteiger partial charge in [0, 0.05) is 29.4 Å². The quantitative estimate of drug-likeness (QED) is 0.737. The third-order valence-corrected chi connectivity index (χ3v) is 5.34. The zero-order valence-electron chi connectivity index (χ0n) is 12.3. The Morgan fingerprint density at radius 2 is 2.23 bits per heavy atom. The molecule has 0 N–H and O–H groups in total. The van der Waals surface area contributed by atoms with Crippen molar-refractivity contribution in [1.29, 1.82) is 0 Å². The van der Waals surface area contributed by atoms with Crippen LogP contribution < -0.4 is 5.56 Å². The molecule has 0 aliphatic rings.